The molecule has 0 unspecified atom stereocenters. The van der Waals surface area contributed by atoms with E-state index in [-0.39, 0.29) is 0 Å². The Kier molecular flexibility index (Phi) is 3.74. The van der Waals surface area contributed by atoms with Crippen LogP contribution in [0.2, 0.25) is 5.15 Å². The van der Waals surface area contributed by atoms with E-state index in [0.29, 0.717) is 5.15 Å². The summed E-state index contributed by atoms with van der Waals surface area (Å²) < 4.78 is 0. The first kappa shape index (κ1) is 13.2. The van der Waals surface area contributed by atoms with E-state index in [0.717, 1.165) is 37.7 Å². The van der Waals surface area contributed by atoms with Crippen LogP contribution in [-0.2, 0) is 0 Å². The average molecular weight is 289 g/mol. The highest BCUT2D eigenvalue weighted by Gasteiger charge is 2.19. The molecule has 0 saturated carbocycles. The number of pyridine rings is 2. The molecular weight excluding hydrogens is 272 g/mol. The molecule has 2 aromatic rings. The minimum atomic E-state index is 0.554. The second-order valence-corrected chi connectivity index (χ2v) is 5.29. The number of hydrogen-bond donors (Lipinski definition) is 0. The van der Waals surface area contributed by atoms with Crippen molar-refractivity contribution in [3.8, 4) is 0 Å². The normalized spacial score (nSPS) is 15.5. The summed E-state index contributed by atoms with van der Waals surface area (Å²) in [6.07, 6.45) is 1.84. The Morgan fingerprint density at radius 1 is 1.00 bits per heavy atom. The molecule has 3 rings (SSSR count). The monoisotopic (exact) mass is 288 g/mol. The quantitative estimate of drug-likeness (QED) is 0.796. The summed E-state index contributed by atoms with van der Waals surface area (Å²) in [7, 11) is 0. The van der Waals surface area contributed by atoms with Crippen LogP contribution < -0.4 is 9.80 Å². The maximum atomic E-state index is 5.91. The Labute approximate surface area is 124 Å². The van der Waals surface area contributed by atoms with Gasteiger partial charge in [0.15, 0.2) is 0 Å². The van der Waals surface area contributed by atoms with Crippen LogP contribution in [-0.4, -0.2) is 36.1 Å². The zero-order chi connectivity index (χ0) is 13.9. The van der Waals surface area contributed by atoms with E-state index in [1.807, 2.05) is 31.3 Å². The number of halogens is 1. The van der Waals surface area contributed by atoms with Crippen molar-refractivity contribution in [1.29, 1.82) is 0 Å². The van der Waals surface area contributed by atoms with Crippen molar-refractivity contribution in [3.05, 3.63) is 47.4 Å². The van der Waals surface area contributed by atoms with Crippen LogP contribution in [0.25, 0.3) is 0 Å². The number of hydrogen-bond acceptors (Lipinski definition) is 4. The van der Waals surface area contributed by atoms with E-state index in [1.54, 1.807) is 0 Å². The second kappa shape index (κ2) is 5.67. The predicted octanol–water partition coefficient (Wildman–Crippen LogP) is 2.77. The van der Waals surface area contributed by atoms with E-state index in [9.17, 15) is 0 Å². The van der Waals surface area contributed by atoms with Crippen molar-refractivity contribution in [2.24, 2.45) is 0 Å². The lowest BCUT2D eigenvalue weighted by molar-refractivity contribution is 0.645. The predicted molar refractivity (Wildman–Crippen MR) is 82.6 cm³/mol. The van der Waals surface area contributed by atoms with E-state index >= 15 is 0 Å². The van der Waals surface area contributed by atoms with E-state index in [2.05, 4.69) is 31.9 Å². The van der Waals surface area contributed by atoms with Gasteiger partial charge in [0, 0.05) is 32.4 Å². The van der Waals surface area contributed by atoms with E-state index in [4.69, 9.17) is 11.6 Å². The third-order valence-corrected chi connectivity index (χ3v) is 3.83. The van der Waals surface area contributed by atoms with Gasteiger partial charge >= 0.3 is 0 Å². The molecule has 104 valence electrons. The molecule has 20 heavy (non-hydrogen) atoms. The van der Waals surface area contributed by atoms with Crippen molar-refractivity contribution >= 4 is 23.1 Å². The third-order valence-electron chi connectivity index (χ3n) is 3.62. The maximum absolute atomic E-state index is 5.91. The van der Waals surface area contributed by atoms with Gasteiger partial charge in [-0.1, -0.05) is 17.7 Å². The lowest BCUT2D eigenvalue weighted by atomic mass is 10.2. The molecule has 0 aliphatic carbocycles. The van der Waals surface area contributed by atoms with Crippen LogP contribution in [0.4, 0.5) is 11.5 Å². The molecule has 1 aliphatic rings. The largest absolute Gasteiger partial charge is 0.367 e. The second-order valence-electron chi connectivity index (χ2n) is 4.90. The molecule has 1 aliphatic heterocycles. The number of nitrogens with zero attached hydrogens (tertiary/aromatic N) is 4. The van der Waals surface area contributed by atoms with Gasteiger partial charge in [-0.05, 0) is 31.2 Å². The van der Waals surface area contributed by atoms with Gasteiger partial charge in [0.1, 0.15) is 11.0 Å². The maximum Gasteiger partial charge on any atom is 0.129 e. The summed E-state index contributed by atoms with van der Waals surface area (Å²) in [5.41, 5.74) is 2.17. The molecule has 1 fully saturated rings. The summed E-state index contributed by atoms with van der Waals surface area (Å²) in [5.74, 6) is 1.05. The minimum Gasteiger partial charge on any atom is -0.367 e. The van der Waals surface area contributed by atoms with Crippen LogP contribution in [0.3, 0.4) is 0 Å². The van der Waals surface area contributed by atoms with E-state index in [1.165, 1.54) is 5.69 Å². The van der Waals surface area contributed by atoms with Crippen LogP contribution in [0.15, 0.2) is 36.5 Å². The van der Waals surface area contributed by atoms with Gasteiger partial charge in [-0.15, -0.1) is 0 Å². The highest BCUT2D eigenvalue weighted by Crippen LogP contribution is 2.23. The molecule has 5 heteroatoms. The summed E-state index contributed by atoms with van der Waals surface area (Å²) in [5, 5.41) is 0.554. The van der Waals surface area contributed by atoms with Crippen LogP contribution in [0.1, 0.15) is 5.69 Å². The van der Waals surface area contributed by atoms with Gasteiger partial charge < -0.3 is 9.80 Å². The molecule has 0 aromatic carbocycles. The molecule has 0 radical (unpaired) electrons. The fraction of sp³-hybridized carbons (Fsp3) is 0.333. The standard InChI is InChI=1S/C15H17ClN4/c1-12-13(5-6-14(16)18-12)19-8-10-20(11-9-19)15-4-2-3-7-17-15/h2-7H,8-11H2,1H3. The highest BCUT2D eigenvalue weighted by atomic mass is 35.5. The number of piperazine rings is 1. The SMILES string of the molecule is Cc1nc(Cl)ccc1N1CCN(c2ccccn2)CC1. The first-order chi connectivity index (χ1) is 9.74. The molecule has 0 spiro atoms. The number of anilines is 2. The van der Waals surface area contributed by atoms with Gasteiger partial charge in [-0.2, -0.15) is 0 Å². The smallest absolute Gasteiger partial charge is 0.129 e. The molecule has 1 saturated heterocycles. The van der Waals surface area contributed by atoms with Crippen LogP contribution in [0, 0.1) is 6.92 Å². The average Bonchev–Trinajstić information content (AvgIpc) is 2.48. The summed E-state index contributed by atoms with van der Waals surface area (Å²) in [6, 6.07) is 9.95. The Morgan fingerprint density at radius 2 is 1.75 bits per heavy atom. The van der Waals surface area contributed by atoms with Crippen molar-refractivity contribution in [2.45, 2.75) is 6.92 Å². The summed E-state index contributed by atoms with van der Waals surface area (Å²) in [4.78, 5) is 13.4. The zero-order valence-corrected chi connectivity index (χ0v) is 12.2. The zero-order valence-electron chi connectivity index (χ0n) is 11.5. The van der Waals surface area contributed by atoms with Gasteiger partial charge in [0.25, 0.3) is 0 Å². The summed E-state index contributed by atoms with van der Waals surface area (Å²) in [6.45, 7) is 5.89. The topological polar surface area (TPSA) is 32.3 Å². The Hall–Kier alpha value is -1.81. The Balaban J connectivity index is 1.69. The lowest BCUT2D eigenvalue weighted by Crippen LogP contribution is -2.47. The number of aryl methyl sites for hydroxylation is 1. The van der Waals surface area contributed by atoms with Crippen LogP contribution >= 0.6 is 11.6 Å². The molecule has 3 heterocycles. The Bertz CT molecular complexity index is 580. The minimum absolute atomic E-state index is 0.554. The highest BCUT2D eigenvalue weighted by molar-refractivity contribution is 6.29. The molecule has 0 amide bonds. The molecule has 0 atom stereocenters. The van der Waals surface area contributed by atoms with E-state index < -0.39 is 0 Å². The van der Waals surface area contributed by atoms with Gasteiger partial charge in [-0.3, -0.25) is 0 Å². The van der Waals surface area contributed by atoms with Crippen molar-refractivity contribution in [1.82, 2.24) is 9.97 Å². The van der Waals surface area contributed by atoms with Gasteiger partial charge in [0.2, 0.25) is 0 Å². The molecule has 0 N–H and O–H groups in total. The van der Waals surface area contributed by atoms with Crippen LogP contribution in [0.5, 0.6) is 0 Å². The number of rotatable bonds is 2. The fourth-order valence-corrected chi connectivity index (χ4v) is 2.76. The molecule has 0 bridgehead atoms. The molecule has 2 aromatic heterocycles. The van der Waals surface area contributed by atoms with Gasteiger partial charge in [-0.25, -0.2) is 9.97 Å². The first-order valence-electron chi connectivity index (χ1n) is 6.78. The first-order valence-corrected chi connectivity index (χ1v) is 7.16. The van der Waals surface area contributed by atoms with Crippen molar-refractivity contribution < 1.29 is 0 Å². The third kappa shape index (κ3) is 2.70. The lowest BCUT2D eigenvalue weighted by Gasteiger charge is -2.37. The summed E-state index contributed by atoms with van der Waals surface area (Å²) >= 11 is 5.91. The Morgan fingerprint density at radius 3 is 2.40 bits per heavy atom. The number of aromatic nitrogens is 2. The fourth-order valence-electron chi connectivity index (χ4n) is 2.57. The van der Waals surface area contributed by atoms with Crippen molar-refractivity contribution in [3.63, 3.8) is 0 Å². The van der Waals surface area contributed by atoms with Gasteiger partial charge in [0.05, 0.1) is 11.4 Å². The molecule has 4 nitrogen and oxygen atoms in total. The molecular formula is C15H17ClN4. The van der Waals surface area contributed by atoms with Crippen molar-refractivity contribution in [2.75, 3.05) is 36.0 Å².